The fourth-order valence-corrected chi connectivity index (χ4v) is 2.81. The minimum Gasteiger partial charge on any atom is -0.460 e. The molecule has 0 fully saturated rings. The van der Waals surface area contributed by atoms with Crippen molar-refractivity contribution < 1.29 is 13.9 Å². The van der Waals surface area contributed by atoms with Crippen LogP contribution in [0.4, 0.5) is 0 Å². The number of carbonyl (C=O) groups excluding carboxylic acids is 1. The van der Waals surface area contributed by atoms with Gasteiger partial charge in [-0.15, -0.1) is 0 Å². The SMILES string of the molecule is CCOC(=O)c1cc2ccc3cc4ccccc4cc3c2o1. The lowest BCUT2D eigenvalue weighted by atomic mass is 10.0. The van der Waals surface area contributed by atoms with Crippen molar-refractivity contribution in [2.24, 2.45) is 0 Å². The van der Waals surface area contributed by atoms with Gasteiger partial charge in [0.05, 0.1) is 6.61 Å². The summed E-state index contributed by atoms with van der Waals surface area (Å²) in [7, 11) is 0. The lowest BCUT2D eigenvalue weighted by molar-refractivity contribution is 0.0493. The fraction of sp³-hybridized carbons (Fsp3) is 0.105. The monoisotopic (exact) mass is 290 g/mol. The molecule has 0 unspecified atom stereocenters. The summed E-state index contributed by atoms with van der Waals surface area (Å²) >= 11 is 0. The highest BCUT2D eigenvalue weighted by Gasteiger charge is 2.15. The van der Waals surface area contributed by atoms with E-state index in [2.05, 4.69) is 30.3 Å². The van der Waals surface area contributed by atoms with Gasteiger partial charge in [0.2, 0.25) is 5.76 Å². The molecule has 3 aromatic carbocycles. The minimum absolute atomic E-state index is 0.248. The number of carbonyl (C=O) groups is 1. The van der Waals surface area contributed by atoms with E-state index in [0.717, 1.165) is 27.1 Å². The first kappa shape index (κ1) is 12.9. The van der Waals surface area contributed by atoms with E-state index in [9.17, 15) is 4.79 Å². The standard InChI is InChI=1S/C19H14O3/c1-2-21-19(20)17-11-15-8-7-14-9-12-5-3-4-6-13(12)10-16(14)18(15)22-17/h3-11H,2H2,1H3. The van der Waals surface area contributed by atoms with Crippen LogP contribution in [0.25, 0.3) is 32.5 Å². The van der Waals surface area contributed by atoms with Gasteiger partial charge in [0.15, 0.2) is 0 Å². The quantitative estimate of drug-likeness (QED) is 0.389. The van der Waals surface area contributed by atoms with Crippen LogP contribution < -0.4 is 0 Å². The summed E-state index contributed by atoms with van der Waals surface area (Å²) < 4.78 is 10.8. The van der Waals surface area contributed by atoms with Gasteiger partial charge in [-0.05, 0) is 41.3 Å². The zero-order valence-electron chi connectivity index (χ0n) is 12.1. The second-order valence-electron chi connectivity index (χ2n) is 5.24. The number of esters is 1. The molecule has 0 aliphatic carbocycles. The summed E-state index contributed by atoms with van der Waals surface area (Å²) in [5.41, 5.74) is 0.728. The maximum absolute atomic E-state index is 11.8. The zero-order chi connectivity index (χ0) is 15.1. The molecule has 0 aliphatic rings. The minimum atomic E-state index is -0.423. The third-order valence-electron chi connectivity index (χ3n) is 3.84. The van der Waals surface area contributed by atoms with Gasteiger partial charge in [0, 0.05) is 10.8 Å². The van der Waals surface area contributed by atoms with Crippen LogP contribution in [-0.4, -0.2) is 12.6 Å². The van der Waals surface area contributed by atoms with E-state index in [1.165, 1.54) is 5.39 Å². The van der Waals surface area contributed by atoms with Gasteiger partial charge >= 0.3 is 5.97 Å². The van der Waals surface area contributed by atoms with E-state index in [-0.39, 0.29) is 5.76 Å². The summed E-state index contributed by atoms with van der Waals surface area (Å²) in [6.45, 7) is 2.11. The lowest BCUT2D eigenvalue weighted by Gasteiger charge is -2.02. The Bertz CT molecular complexity index is 1010. The normalized spacial score (nSPS) is 11.3. The molecule has 0 N–H and O–H groups in total. The van der Waals surface area contributed by atoms with Crippen LogP contribution in [0.15, 0.2) is 59.0 Å². The van der Waals surface area contributed by atoms with Crippen LogP contribution in [0.5, 0.6) is 0 Å². The second kappa shape index (κ2) is 4.88. The predicted molar refractivity (Wildman–Crippen MR) is 87.2 cm³/mol. The van der Waals surface area contributed by atoms with Crippen molar-refractivity contribution >= 4 is 38.5 Å². The van der Waals surface area contributed by atoms with E-state index in [4.69, 9.17) is 9.15 Å². The van der Waals surface area contributed by atoms with Gasteiger partial charge in [-0.25, -0.2) is 4.79 Å². The largest absolute Gasteiger partial charge is 0.460 e. The highest BCUT2D eigenvalue weighted by atomic mass is 16.5. The van der Waals surface area contributed by atoms with E-state index in [1.54, 1.807) is 13.0 Å². The molecule has 3 heteroatoms. The Morgan fingerprint density at radius 1 is 0.955 bits per heavy atom. The average Bonchev–Trinajstić information content (AvgIpc) is 2.98. The van der Waals surface area contributed by atoms with Gasteiger partial charge < -0.3 is 9.15 Å². The van der Waals surface area contributed by atoms with Crippen LogP contribution in [0.3, 0.4) is 0 Å². The van der Waals surface area contributed by atoms with Crippen LogP contribution in [0.2, 0.25) is 0 Å². The van der Waals surface area contributed by atoms with E-state index in [1.807, 2.05) is 18.2 Å². The molecule has 0 amide bonds. The molecule has 4 aromatic rings. The number of hydrogen-bond acceptors (Lipinski definition) is 3. The molecule has 0 aliphatic heterocycles. The smallest absolute Gasteiger partial charge is 0.374 e. The molecule has 0 bridgehead atoms. The van der Waals surface area contributed by atoms with Gasteiger partial charge in [-0.2, -0.15) is 0 Å². The third kappa shape index (κ3) is 1.94. The Kier molecular flexibility index (Phi) is 2.86. The Morgan fingerprint density at radius 2 is 1.68 bits per heavy atom. The number of benzene rings is 3. The molecule has 0 saturated carbocycles. The number of fused-ring (bicyclic) bond motifs is 4. The van der Waals surface area contributed by atoms with Gasteiger partial charge in [-0.1, -0.05) is 36.4 Å². The summed E-state index contributed by atoms with van der Waals surface area (Å²) in [4.78, 5) is 11.8. The van der Waals surface area contributed by atoms with Crippen molar-refractivity contribution in [3.63, 3.8) is 0 Å². The molecule has 108 valence electrons. The molecule has 0 spiro atoms. The zero-order valence-corrected chi connectivity index (χ0v) is 12.1. The first-order chi connectivity index (χ1) is 10.8. The molecule has 1 heterocycles. The number of ether oxygens (including phenoxy) is 1. The van der Waals surface area contributed by atoms with Crippen LogP contribution in [0, 0.1) is 0 Å². The Balaban J connectivity index is 2.00. The van der Waals surface area contributed by atoms with E-state index >= 15 is 0 Å². The lowest BCUT2D eigenvalue weighted by Crippen LogP contribution is -2.02. The first-order valence-corrected chi connectivity index (χ1v) is 7.28. The average molecular weight is 290 g/mol. The van der Waals surface area contributed by atoms with Gasteiger partial charge in [-0.3, -0.25) is 0 Å². The highest BCUT2D eigenvalue weighted by Crippen LogP contribution is 2.31. The molecule has 0 saturated heterocycles. The van der Waals surface area contributed by atoms with Crippen molar-refractivity contribution in [2.45, 2.75) is 6.92 Å². The van der Waals surface area contributed by atoms with Crippen molar-refractivity contribution in [3.8, 4) is 0 Å². The first-order valence-electron chi connectivity index (χ1n) is 7.28. The van der Waals surface area contributed by atoms with Crippen LogP contribution in [0.1, 0.15) is 17.5 Å². The van der Waals surface area contributed by atoms with Crippen molar-refractivity contribution in [3.05, 3.63) is 60.4 Å². The molecule has 3 nitrogen and oxygen atoms in total. The van der Waals surface area contributed by atoms with Gasteiger partial charge in [0.25, 0.3) is 0 Å². The summed E-state index contributed by atoms with van der Waals surface area (Å²) in [6, 6.07) is 18.2. The molecule has 22 heavy (non-hydrogen) atoms. The maximum Gasteiger partial charge on any atom is 0.374 e. The number of hydrogen-bond donors (Lipinski definition) is 0. The highest BCUT2D eigenvalue weighted by molar-refractivity contribution is 6.11. The number of furan rings is 1. The molecule has 1 aromatic heterocycles. The molecule has 0 atom stereocenters. The van der Waals surface area contributed by atoms with E-state index < -0.39 is 5.97 Å². The Hall–Kier alpha value is -2.81. The van der Waals surface area contributed by atoms with Crippen molar-refractivity contribution in [1.29, 1.82) is 0 Å². The summed E-state index contributed by atoms with van der Waals surface area (Å²) in [5, 5.41) is 5.34. The molecule has 0 radical (unpaired) electrons. The molecule has 4 rings (SSSR count). The van der Waals surface area contributed by atoms with Gasteiger partial charge in [0.1, 0.15) is 5.58 Å². The Morgan fingerprint density at radius 3 is 2.45 bits per heavy atom. The number of rotatable bonds is 2. The Labute approximate surface area is 127 Å². The predicted octanol–water partition coefficient (Wildman–Crippen LogP) is 4.92. The van der Waals surface area contributed by atoms with Crippen LogP contribution in [-0.2, 0) is 4.74 Å². The molecular formula is C19H14O3. The van der Waals surface area contributed by atoms with E-state index in [0.29, 0.717) is 6.61 Å². The third-order valence-corrected chi connectivity index (χ3v) is 3.84. The summed E-state index contributed by atoms with van der Waals surface area (Å²) in [5.74, 6) is -0.176. The van der Waals surface area contributed by atoms with Crippen LogP contribution >= 0.6 is 0 Å². The van der Waals surface area contributed by atoms with Crippen molar-refractivity contribution in [1.82, 2.24) is 0 Å². The topological polar surface area (TPSA) is 39.4 Å². The fourth-order valence-electron chi connectivity index (χ4n) is 2.81. The maximum atomic E-state index is 11.8. The summed E-state index contributed by atoms with van der Waals surface area (Å²) in [6.07, 6.45) is 0. The molecular weight excluding hydrogens is 276 g/mol. The second-order valence-corrected chi connectivity index (χ2v) is 5.24. The van der Waals surface area contributed by atoms with Crippen molar-refractivity contribution in [2.75, 3.05) is 6.61 Å².